The number of rotatable bonds is 5. The van der Waals surface area contributed by atoms with Crippen molar-refractivity contribution < 1.29 is 4.74 Å². The van der Waals surface area contributed by atoms with Gasteiger partial charge in [0.15, 0.2) is 0 Å². The summed E-state index contributed by atoms with van der Waals surface area (Å²) in [5.41, 5.74) is 7.03. The topological polar surface area (TPSA) is 35.2 Å². The first-order valence-electron chi connectivity index (χ1n) is 5.69. The summed E-state index contributed by atoms with van der Waals surface area (Å²) in [6.45, 7) is 2.47. The fourth-order valence-corrected chi connectivity index (χ4v) is 3.00. The summed E-state index contributed by atoms with van der Waals surface area (Å²) in [4.78, 5) is 0. The molecule has 1 fully saturated rings. The minimum Gasteiger partial charge on any atom is -0.376 e. The molecule has 0 aromatic carbocycles. The Labute approximate surface area is 95.4 Å². The molecule has 1 aliphatic rings. The van der Waals surface area contributed by atoms with Gasteiger partial charge in [0, 0.05) is 0 Å². The van der Waals surface area contributed by atoms with Crippen molar-refractivity contribution in [1.29, 1.82) is 0 Å². The lowest BCUT2D eigenvalue weighted by atomic mass is 9.97. The van der Waals surface area contributed by atoms with E-state index in [1.165, 1.54) is 24.8 Å². The third kappa shape index (κ3) is 3.03. The molecule has 0 amide bonds. The molecule has 15 heavy (non-hydrogen) atoms. The molecule has 2 nitrogen and oxygen atoms in total. The van der Waals surface area contributed by atoms with Gasteiger partial charge in [-0.05, 0) is 53.6 Å². The van der Waals surface area contributed by atoms with Gasteiger partial charge in [0.1, 0.15) is 0 Å². The number of hydrogen-bond donors (Lipinski definition) is 1. The van der Waals surface area contributed by atoms with E-state index in [0.717, 1.165) is 19.8 Å². The maximum atomic E-state index is 5.75. The zero-order valence-electron chi connectivity index (χ0n) is 9.02. The van der Waals surface area contributed by atoms with Crippen LogP contribution in [0.25, 0.3) is 0 Å². The lowest BCUT2D eigenvalue weighted by Gasteiger charge is -2.17. The zero-order chi connectivity index (χ0) is 10.5. The van der Waals surface area contributed by atoms with Crippen LogP contribution in [0.2, 0.25) is 0 Å². The lowest BCUT2D eigenvalue weighted by Crippen LogP contribution is -2.22. The van der Waals surface area contributed by atoms with Gasteiger partial charge < -0.3 is 10.5 Å². The van der Waals surface area contributed by atoms with Crippen LogP contribution in [0.15, 0.2) is 16.8 Å². The Kier molecular flexibility index (Phi) is 4.18. The fraction of sp³-hybridized carbons (Fsp3) is 0.667. The Morgan fingerprint density at radius 3 is 3.00 bits per heavy atom. The minimum atomic E-state index is 0.701. The van der Waals surface area contributed by atoms with E-state index in [2.05, 4.69) is 16.8 Å². The highest BCUT2D eigenvalue weighted by Gasteiger charge is 2.25. The van der Waals surface area contributed by atoms with Crippen LogP contribution >= 0.6 is 11.3 Å². The van der Waals surface area contributed by atoms with E-state index < -0.39 is 0 Å². The molecular weight excluding hydrogens is 206 g/mol. The highest BCUT2D eigenvalue weighted by atomic mass is 32.1. The molecule has 0 saturated heterocycles. The highest BCUT2D eigenvalue weighted by Crippen LogP contribution is 2.31. The molecule has 84 valence electrons. The van der Waals surface area contributed by atoms with Crippen LogP contribution in [0.5, 0.6) is 0 Å². The van der Waals surface area contributed by atoms with Crippen molar-refractivity contribution in [2.75, 3.05) is 13.2 Å². The molecule has 1 heterocycles. The molecule has 0 radical (unpaired) electrons. The molecule has 3 heteroatoms. The zero-order valence-corrected chi connectivity index (χ0v) is 9.84. The molecule has 0 spiro atoms. The summed E-state index contributed by atoms with van der Waals surface area (Å²) in [6.07, 6.45) is 3.92. The molecular formula is C12H19NOS. The molecule has 2 unspecified atom stereocenters. The Hall–Kier alpha value is -0.380. The van der Waals surface area contributed by atoms with Crippen molar-refractivity contribution in [3.63, 3.8) is 0 Å². The van der Waals surface area contributed by atoms with E-state index in [9.17, 15) is 0 Å². The summed E-state index contributed by atoms with van der Waals surface area (Å²) in [5.74, 6) is 1.40. The van der Waals surface area contributed by atoms with E-state index in [4.69, 9.17) is 10.5 Å². The van der Waals surface area contributed by atoms with Gasteiger partial charge in [-0.2, -0.15) is 11.3 Å². The summed E-state index contributed by atoms with van der Waals surface area (Å²) in [6, 6.07) is 2.12. The lowest BCUT2D eigenvalue weighted by molar-refractivity contribution is 0.0755. The normalized spacial score (nSPS) is 25.9. The Morgan fingerprint density at radius 1 is 1.40 bits per heavy atom. The molecule has 1 aromatic heterocycles. The number of hydrogen-bond acceptors (Lipinski definition) is 3. The van der Waals surface area contributed by atoms with Gasteiger partial charge >= 0.3 is 0 Å². The van der Waals surface area contributed by atoms with Crippen LogP contribution < -0.4 is 5.73 Å². The smallest absolute Gasteiger partial charge is 0.0725 e. The molecule has 0 bridgehead atoms. The van der Waals surface area contributed by atoms with E-state index in [1.807, 2.05) is 0 Å². The number of ether oxygens (including phenoxy) is 1. The average molecular weight is 225 g/mol. The predicted octanol–water partition coefficient (Wildman–Crippen LogP) is 2.64. The summed E-state index contributed by atoms with van der Waals surface area (Å²) >= 11 is 1.73. The largest absolute Gasteiger partial charge is 0.376 e. The maximum absolute atomic E-state index is 5.75. The Balaban J connectivity index is 1.69. The van der Waals surface area contributed by atoms with E-state index in [1.54, 1.807) is 11.3 Å². The van der Waals surface area contributed by atoms with Crippen molar-refractivity contribution in [3.8, 4) is 0 Å². The van der Waals surface area contributed by atoms with Crippen molar-refractivity contribution >= 4 is 11.3 Å². The van der Waals surface area contributed by atoms with Gasteiger partial charge in [-0.15, -0.1) is 0 Å². The fourth-order valence-electron chi connectivity index (χ4n) is 2.35. The second-order valence-corrected chi connectivity index (χ2v) is 5.11. The van der Waals surface area contributed by atoms with Gasteiger partial charge in [0.05, 0.1) is 13.2 Å². The second-order valence-electron chi connectivity index (χ2n) is 4.33. The van der Waals surface area contributed by atoms with Crippen LogP contribution in [0.3, 0.4) is 0 Å². The SMILES string of the molecule is NCC1CCCC1COCc1ccsc1. The van der Waals surface area contributed by atoms with Crippen molar-refractivity contribution in [1.82, 2.24) is 0 Å². The maximum Gasteiger partial charge on any atom is 0.0725 e. The predicted molar refractivity (Wildman–Crippen MR) is 63.9 cm³/mol. The third-order valence-electron chi connectivity index (χ3n) is 3.30. The van der Waals surface area contributed by atoms with Gasteiger partial charge in [0.2, 0.25) is 0 Å². The quantitative estimate of drug-likeness (QED) is 0.836. The average Bonchev–Trinajstić information content (AvgIpc) is 2.88. The summed E-state index contributed by atoms with van der Waals surface area (Å²) in [7, 11) is 0. The first-order valence-corrected chi connectivity index (χ1v) is 6.63. The highest BCUT2D eigenvalue weighted by molar-refractivity contribution is 7.07. The molecule has 2 rings (SSSR count). The van der Waals surface area contributed by atoms with Crippen LogP contribution in [0.4, 0.5) is 0 Å². The Morgan fingerprint density at radius 2 is 2.27 bits per heavy atom. The van der Waals surface area contributed by atoms with Crippen LogP contribution in [-0.4, -0.2) is 13.2 Å². The number of thiophene rings is 1. The first-order chi connectivity index (χ1) is 7.40. The van der Waals surface area contributed by atoms with Crippen LogP contribution in [-0.2, 0) is 11.3 Å². The van der Waals surface area contributed by atoms with E-state index in [0.29, 0.717) is 11.8 Å². The Bertz CT molecular complexity index is 273. The van der Waals surface area contributed by atoms with Crippen molar-refractivity contribution in [2.24, 2.45) is 17.6 Å². The monoisotopic (exact) mass is 225 g/mol. The molecule has 1 saturated carbocycles. The minimum absolute atomic E-state index is 0.701. The van der Waals surface area contributed by atoms with Crippen molar-refractivity contribution in [2.45, 2.75) is 25.9 Å². The molecule has 1 aliphatic carbocycles. The second kappa shape index (κ2) is 5.64. The summed E-state index contributed by atoms with van der Waals surface area (Å²) < 4.78 is 5.75. The molecule has 2 atom stereocenters. The van der Waals surface area contributed by atoms with Gasteiger partial charge in [0.25, 0.3) is 0 Å². The van der Waals surface area contributed by atoms with E-state index in [-0.39, 0.29) is 0 Å². The van der Waals surface area contributed by atoms with E-state index >= 15 is 0 Å². The molecule has 1 aromatic rings. The molecule has 0 aliphatic heterocycles. The first kappa shape index (κ1) is 11.1. The third-order valence-corrected chi connectivity index (χ3v) is 4.03. The van der Waals surface area contributed by atoms with Gasteiger partial charge in [-0.1, -0.05) is 6.42 Å². The van der Waals surface area contributed by atoms with Gasteiger partial charge in [-0.3, -0.25) is 0 Å². The summed E-state index contributed by atoms with van der Waals surface area (Å²) in [5, 5.41) is 4.24. The standard InChI is InChI=1S/C12H19NOS/c13-6-11-2-1-3-12(11)8-14-7-10-4-5-15-9-10/h4-5,9,11-12H,1-3,6-8,13H2. The number of nitrogens with two attached hydrogens (primary N) is 1. The van der Waals surface area contributed by atoms with Gasteiger partial charge in [-0.25, -0.2) is 0 Å². The van der Waals surface area contributed by atoms with Crippen LogP contribution in [0.1, 0.15) is 24.8 Å². The van der Waals surface area contributed by atoms with Crippen LogP contribution in [0, 0.1) is 11.8 Å². The van der Waals surface area contributed by atoms with Crippen molar-refractivity contribution in [3.05, 3.63) is 22.4 Å². The molecule has 2 N–H and O–H groups in total.